The number of esters is 1. The summed E-state index contributed by atoms with van der Waals surface area (Å²) in [4.78, 5) is 23.4. The molecule has 0 amide bonds. The molecule has 0 saturated heterocycles. The summed E-state index contributed by atoms with van der Waals surface area (Å²) in [7, 11) is 0. The van der Waals surface area contributed by atoms with E-state index >= 15 is 0 Å². The molecule has 0 aliphatic heterocycles. The largest absolute Gasteiger partial charge is 0.466 e. The van der Waals surface area contributed by atoms with Gasteiger partial charge in [0.15, 0.2) is 5.78 Å². The van der Waals surface area contributed by atoms with Gasteiger partial charge < -0.3 is 4.74 Å². The van der Waals surface area contributed by atoms with Crippen LogP contribution >= 0.6 is 0 Å². The zero-order valence-electron chi connectivity index (χ0n) is 11.4. The Kier molecular flexibility index (Phi) is 5.08. The summed E-state index contributed by atoms with van der Waals surface area (Å²) in [6, 6.07) is 7.18. The van der Waals surface area contributed by atoms with Gasteiger partial charge in [0.05, 0.1) is 12.5 Å². The van der Waals surface area contributed by atoms with Gasteiger partial charge in [-0.3, -0.25) is 9.59 Å². The van der Waals surface area contributed by atoms with Gasteiger partial charge in [-0.05, 0) is 19.4 Å². The van der Waals surface area contributed by atoms with Crippen LogP contribution < -0.4 is 0 Å². The molecule has 3 nitrogen and oxygen atoms in total. The number of benzene rings is 1. The molecule has 0 bridgehead atoms. The van der Waals surface area contributed by atoms with E-state index in [9.17, 15) is 9.59 Å². The molecule has 0 fully saturated rings. The van der Waals surface area contributed by atoms with Crippen LogP contribution in [-0.2, 0) is 9.53 Å². The second kappa shape index (κ2) is 6.34. The highest BCUT2D eigenvalue weighted by Gasteiger charge is 2.17. The summed E-state index contributed by atoms with van der Waals surface area (Å²) in [5, 5.41) is 0. The van der Waals surface area contributed by atoms with E-state index in [0.29, 0.717) is 12.2 Å². The van der Waals surface area contributed by atoms with E-state index < -0.39 is 0 Å². The molecular weight excluding hydrogens is 228 g/mol. The minimum atomic E-state index is -0.298. The molecule has 18 heavy (non-hydrogen) atoms. The summed E-state index contributed by atoms with van der Waals surface area (Å²) < 4.78 is 4.97. The van der Waals surface area contributed by atoms with Crippen LogP contribution in [0.3, 0.4) is 0 Å². The molecule has 0 unspecified atom stereocenters. The van der Waals surface area contributed by atoms with E-state index in [0.717, 1.165) is 5.56 Å². The Morgan fingerprint density at radius 2 is 1.67 bits per heavy atom. The lowest BCUT2D eigenvalue weighted by Crippen LogP contribution is -2.13. The third-order valence-corrected chi connectivity index (χ3v) is 2.86. The lowest BCUT2D eigenvalue weighted by Gasteiger charge is -2.11. The smallest absolute Gasteiger partial charge is 0.313 e. The maximum Gasteiger partial charge on any atom is 0.313 e. The van der Waals surface area contributed by atoms with Crippen LogP contribution in [0.2, 0.25) is 0 Å². The van der Waals surface area contributed by atoms with Crippen molar-refractivity contribution < 1.29 is 14.3 Å². The van der Waals surface area contributed by atoms with Crippen molar-refractivity contribution in [1.29, 1.82) is 0 Å². The van der Waals surface area contributed by atoms with Crippen molar-refractivity contribution in [3.05, 3.63) is 35.4 Å². The number of carbonyl (C=O) groups excluding carboxylic acids is 2. The summed E-state index contributed by atoms with van der Waals surface area (Å²) in [6.45, 7) is 7.72. The first-order valence-corrected chi connectivity index (χ1v) is 6.28. The molecule has 0 aliphatic carbocycles. The molecular formula is C15H20O3. The van der Waals surface area contributed by atoms with E-state index in [-0.39, 0.29) is 23.6 Å². The summed E-state index contributed by atoms with van der Waals surface area (Å²) in [5.74, 6) is -0.433. The number of rotatable bonds is 5. The fraction of sp³-hybridized carbons (Fsp3) is 0.467. The van der Waals surface area contributed by atoms with Crippen molar-refractivity contribution in [2.24, 2.45) is 5.92 Å². The summed E-state index contributed by atoms with van der Waals surface area (Å²) in [6.07, 6.45) is 0. The number of hydrogen-bond donors (Lipinski definition) is 0. The van der Waals surface area contributed by atoms with Gasteiger partial charge in [-0.15, -0.1) is 0 Å². The predicted molar refractivity (Wildman–Crippen MR) is 70.7 cm³/mol. The van der Waals surface area contributed by atoms with Gasteiger partial charge in [-0.25, -0.2) is 0 Å². The number of hydrogen-bond acceptors (Lipinski definition) is 3. The third-order valence-electron chi connectivity index (χ3n) is 2.86. The second-order valence-corrected chi connectivity index (χ2v) is 4.61. The van der Waals surface area contributed by atoms with Crippen molar-refractivity contribution >= 4 is 11.8 Å². The Morgan fingerprint density at radius 3 is 2.11 bits per heavy atom. The first kappa shape index (κ1) is 14.4. The fourth-order valence-electron chi connectivity index (χ4n) is 1.67. The van der Waals surface area contributed by atoms with Gasteiger partial charge in [0.1, 0.15) is 0 Å². The third kappa shape index (κ3) is 3.42. The Labute approximate surface area is 108 Å². The zero-order valence-corrected chi connectivity index (χ0v) is 11.4. The van der Waals surface area contributed by atoms with Crippen molar-refractivity contribution in [2.75, 3.05) is 6.61 Å². The minimum Gasteiger partial charge on any atom is -0.466 e. The number of carbonyl (C=O) groups is 2. The number of Topliss-reactive ketones (excluding diaryl/α,β-unsaturated/α-hetero) is 1. The van der Waals surface area contributed by atoms with Crippen molar-refractivity contribution in [3.8, 4) is 0 Å². The Hall–Kier alpha value is -1.64. The average molecular weight is 248 g/mol. The minimum absolute atomic E-state index is 0.0154. The number of ether oxygens (including phenoxy) is 1. The first-order valence-electron chi connectivity index (χ1n) is 6.28. The van der Waals surface area contributed by atoms with Crippen molar-refractivity contribution in [2.45, 2.75) is 33.6 Å². The van der Waals surface area contributed by atoms with Gasteiger partial charge in [0.2, 0.25) is 0 Å². The Bertz CT molecular complexity index is 418. The van der Waals surface area contributed by atoms with Crippen LogP contribution in [0, 0.1) is 5.92 Å². The molecule has 0 spiro atoms. The van der Waals surface area contributed by atoms with Gasteiger partial charge in [0.25, 0.3) is 0 Å². The normalized spacial score (nSPS) is 12.3. The molecule has 0 aliphatic rings. The van der Waals surface area contributed by atoms with Crippen molar-refractivity contribution in [1.82, 2.24) is 0 Å². The van der Waals surface area contributed by atoms with E-state index in [4.69, 9.17) is 4.74 Å². The molecule has 0 saturated carbocycles. The van der Waals surface area contributed by atoms with Crippen LogP contribution in [0.5, 0.6) is 0 Å². The fourth-order valence-corrected chi connectivity index (χ4v) is 1.67. The van der Waals surface area contributed by atoms with Crippen LogP contribution in [-0.4, -0.2) is 18.4 Å². The van der Waals surface area contributed by atoms with Gasteiger partial charge in [0, 0.05) is 11.5 Å². The quantitative estimate of drug-likeness (QED) is 0.593. The monoisotopic (exact) mass is 248 g/mol. The first-order chi connectivity index (χ1) is 8.47. The van der Waals surface area contributed by atoms with Crippen LogP contribution in [0.1, 0.15) is 49.5 Å². The topological polar surface area (TPSA) is 43.4 Å². The molecule has 0 radical (unpaired) electrons. The molecule has 1 aromatic rings. The molecule has 0 N–H and O–H groups in total. The molecule has 1 rings (SSSR count). The van der Waals surface area contributed by atoms with E-state index in [2.05, 4.69) is 0 Å². The predicted octanol–water partition coefficient (Wildman–Crippen LogP) is 3.19. The van der Waals surface area contributed by atoms with E-state index in [1.165, 1.54) is 0 Å². The van der Waals surface area contributed by atoms with Gasteiger partial charge >= 0.3 is 5.97 Å². The lowest BCUT2D eigenvalue weighted by molar-refractivity contribution is -0.144. The standard InChI is InChI=1S/C15H20O3/c1-5-18-15(17)11(4)12-6-8-13(9-7-12)14(16)10(2)3/h6-11H,5H2,1-4H3/t11-/m0/s1. The lowest BCUT2D eigenvalue weighted by atomic mass is 9.96. The SMILES string of the molecule is CCOC(=O)[C@@H](C)c1ccc(C(=O)C(C)C)cc1. The van der Waals surface area contributed by atoms with Crippen LogP contribution in [0.25, 0.3) is 0 Å². The maximum atomic E-state index is 11.8. The van der Waals surface area contributed by atoms with E-state index in [1.54, 1.807) is 26.0 Å². The molecule has 3 heteroatoms. The van der Waals surface area contributed by atoms with Gasteiger partial charge in [-0.2, -0.15) is 0 Å². The molecule has 98 valence electrons. The van der Waals surface area contributed by atoms with E-state index in [1.807, 2.05) is 26.0 Å². The van der Waals surface area contributed by atoms with Crippen molar-refractivity contribution in [3.63, 3.8) is 0 Å². The van der Waals surface area contributed by atoms with Crippen LogP contribution in [0.4, 0.5) is 0 Å². The zero-order chi connectivity index (χ0) is 13.7. The van der Waals surface area contributed by atoms with Crippen LogP contribution in [0.15, 0.2) is 24.3 Å². The molecule has 0 aromatic heterocycles. The molecule has 0 heterocycles. The highest BCUT2D eigenvalue weighted by Crippen LogP contribution is 2.18. The summed E-state index contributed by atoms with van der Waals surface area (Å²) in [5.41, 5.74) is 1.55. The highest BCUT2D eigenvalue weighted by atomic mass is 16.5. The Morgan fingerprint density at radius 1 is 1.11 bits per heavy atom. The molecule has 1 aromatic carbocycles. The highest BCUT2D eigenvalue weighted by molar-refractivity contribution is 5.97. The Balaban J connectivity index is 2.83. The average Bonchev–Trinajstić information content (AvgIpc) is 2.37. The maximum absolute atomic E-state index is 11.8. The second-order valence-electron chi connectivity index (χ2n) is 4.61. The van der Waals surface area contributed by atoms with Gasteiger partial charge in [-0.1, -0.05) is 38.1 Å². The molecule has 1 atom stereocenters. The number of ketones is 1. The summed E-state index contributed by atoms with van der Waals surface area (Å²) >= 11 is 0.